The maximum absolute atomic E-state index is 11.5. The standard InChI is InChI=1S/C29H24N6O4/c1-18(36)31-15-20-2-7-21(8-3-20)28(27-25-14-24(35(38)39)12-13-26(25)34-29(27)37)33-22-9-4-19(5-10-22)6-11-23-16-30-17-32-23/h2-14,16-17,34,37H,15H2,1H3,(H,30,32)(H,31,36). The van der Waals surface area contributed by atoms with E-state index in [0.717, 1.165) is 16.8 Å². The van der Waals surface area contributed by atoms with Crippen LogP contribution in [0.25, 0.3) is 23.1 Å². The normalized spacial score (nSPS) is 11.8. The molecule has 0 saturated heterocycles. The molecule has 0 atom stereocenters. The first-order valence-corrected chi connectivity index (χ1v) is 12.1. The lowest BCUT2D eigenvalue weighted by Gasteiger charge is -2.10. The van der Waals surface area contributed by atoms with Gasteiger partial charge >= 0.3 is 0 Å². The number of amides is 1. The quantitative estimate of drug-likeness (QED) is 0.121. The van der Waals surface area contributed by atoms with Crippen molar-refractivity contribution in [3.8, 4) is 5.88 Å². The van der Waals surface area contributed by atoms with E-state index in [1.54, 1.807) is 18.6 Å². The number of nitrogens with one attached hydrogen (secondary N) is 3. The molecule has 2 aromatic heterocycles. The molecule has 1 amide bonds. The van der Waals surface area contributed by atoms with Crippen LogP contribution in [0.15, 0.2) is 84.2 Å². The van der Waals surface area contributed by atoms with Gasteiger partial charge in [-0.15, -0.1) is 0 Å². The van der Waals surface area contributed by atoms with Crippen molar-refractivity contribution in [1.29, 1.82) is 0 Å². The Labute approximate surface area is 222 Å². The summed E-state index contributed by atoms with van der Waals surface area (Å²) in [5.41, 5.74) is 5.28. The number of aromatic hydroxyl groups is 1. The largest absolute Gasteiger partial charge is 0.494 e. The van der Waals surface area contributed by atoms with E-state index in [0.29, 0.717) is 40.0 Å². The summed E-state index contributed by atoms with van der Waals surface area (Å²) >= 11 is 0. The highest BCUT2D eigenvalue weighted by Crippen LogP contribution is 2.33. The number of rotatable bonds is 8. The van der Waals surface area contributed by atoms with Crippen molar-refractivity contribution in [3.05, 3.63) is 117 Å². The molecule has 0 aliphatic heterocycles. The monoisotopic (exact) mass is 520 g/mol. The minimum absolute atomic E-state index is 0.0961. The fourth-order valence-electron chi connectivity index (χ4n) is 4.12. The third-order valence-electron chi connectivity index (χ3n) is 6.09. The van der Waals surface area contributed by atoms with E-state index in [1.807, 2.05) is 60.7 Å². The molecule has 10 nitrogen and oxygen atoms in total. The van der Waals surface area contributed by atoms with Crippen LogP contribution in [-0.2, 0) is 11.3 Å². The molecule has 10 heteroatoms. The van der Waals surface area contributed by atoms with E-state index in [2.05, 4.69) is 20.3 Å². The molecule has 0 aliphatic rings. The Morgan fingerprint density at radius 3 is 2.54 bits per heavy atom. The molecule has 2 heterocycles. The van der Waals surface area contributed by atoms with Gasteiger partial charge < -0.3 is 20.4 Å². The van der Waals surface area contributed by atoms with Crippen LogP contribution < -0.4 is 5.32 Å². The summed E-state index contributed by atoms with van der Waals surface area (Å²) in [6.07, 6.45) is 7.19. The van der Waals surface area contributed by atoms with Gasteiger partial charge in [0.05, 0.1) is 40.1 Å². The first-order valence-electron chi connectivity index (χ1n) is 12.1. The van der Waals surface area contributed by atoms with Gasteiger partial charge in [0.1, 0.15) is 0 Å². The maximum Gasteiger partial charge on any atom is 0.270 e. The molecule has 4 N–H and O–H groups in total. The van der Waals surface area contributed by atoms with Crippen LogP contribution in [0.1, 0.15) is 34.9 Å². The highest BCUT2D eigenvalue weighted by Gasteiger charge is 2.21. The molecule has 5 aromatic rings. The highest BCUT2D eigenvalue weighted by molar-refractivity contribution is 6.22. The summed E-state index contributed by atoms with van der Waals surface area (Å²) in [6.45, 7) is 1.83. The summed E-state index contributed by atoms with van der Waals surface area (Å²) in [5, 5.41) is 25.6. The predicted molar refractivity (Wildman–Crippen MR) is 150 cm³/mol. The predicted octanol–water partition coefficient (Wildman–Crippen LogP) is 5.48. The topological polar surface area (TPSA) is 149 Å². The Balaban J connectivity index is 1.58. The zero-order valence-corrected chi connectivity index (χ0v) is 20.9. The Morgan fingerprint density at radius 2 is 1.87 bits per heavy atom. The number of carbonyl (C=O) groups is 1. The van der Waals surface area contributed by atoms with Crippen molar-refractivity contribution in [1.82, 2.24) is 20.3 Å². The molecule has 39 heavy (non-hydrogen) atoms. The molecule has 0 radical (unpaired) electrons. The third kappa shape index (κ3) is 5.75. The van der Waals surface area contributed by atoms with Gasteiger partial charge in [-0.05, 0) is 35.4 Å². The van der Waals surface area contributed by atoms with Crippen molar-refractivity contribution in [2.24, 2.45) is 4.99 Å². The fourth-order valence-corrected chi connectivity index (χ4v) is 4.12. The Kier molecular flexibility index (Phi) is 7.00. The second-order valence-electron chi connectivity index (χ2n) is 8.83. The number of hydrogen-bond acceptors (Lipinski definition) is 6. The van der Waals surface area contributed by atoms with Crippen LogP contribution >= 0.6 is 0 Å². The number of hydrogen-bond donors (Lipinski definition) is 4. The number of non-ortho nitro benzene ring substituents is 1. The average molecular weight is 521 g/mol. The lowest BCUT2D eigenvalue weighted by atomic mass is 9.99. The van der Waals surface area contributed by atoms with Crippen LogP contribution in [0, 0.1) is 10.1 Å². The van der Waals surface area contributed by atoms with Gasteiger partial charge in [-0.25, -0.2) is 9.98 Å². The first kappa shape index (κ1) is 25.2. The van der Waals surface area contributed by atoms with Crippen molar-refractivity contribution in [2.75, 3.05) is 0 Å². The second-order valence-corrected chi connectivity index (χ2v) is 8.83. The lowest BCUT2D eigenvalue weighted by Crippen LogP contribution is -2.18. The van der Waals surface area contributed by atoms with Gasteiger partial charge in [0.2, 0.25) is 5.91 Å². The van der Waals surface area contributed by atoms with Gasteiger partial charge in [0.15, 0.2) is 5.88 Å². The Morgan fingerprint density at radius 1 is 1.10 bits per heavy atom. The maximum atomic E-state index is 11.5. The number of H-pyrrole nitrogens is 2. The van der Waals surface area contributed by atoms with Crippen molar-refractivity contribution >= 4 is 46.0 Å². The summed E-state index contributed by atoms with van der Waals surface area (Å²) in [6, 6.07) is 19.3. The lowest BCUT2D eigenvalue weighted by molar-refractivity contribution is -0.384. The van der Waals surface area contributed by atoms with Gasteiger partial charge in [0.25, 0.3) is 5.69 Å². The number of imidazole rings is 1. The summed E-state index contributed by atoms with van der Waals surface area (Å²) < 4.78 is 0. The Hall–Kier alpha value is -5.51. The number of nitro benzene ring substituents is 1. The molecule has 0 unspecified atom stereocenters. The summed E-state index contributed by atoms with van der Waals surface area (Å²) in [5.74, 6) is -0.278. The number of aliphatic imine (C=N–C) groups is 1. The molecule has 0 spiro atoms. The van der Waals surface area contributed by atoms with Crippen molar-refractivity contribution < 1.29 is 14.8 Å². The van der Waals surface area contributed by atoms with E-state index in [-0.39, 0.29) is 17.5 Å². The smallest absolute Gasteiger partial charge is 0.270 e. The minimum Gasteiger partial charge on any atom is -0.494 e. The minimum atomic E-state index is -0.476. The molecule has 3 aromatic carbocycles. The summed E-state index contributed by atoms with van der Waals surface area (Å²) in [4.78, 5) is 37.1. The SMILES string of the molecule is CC(=O)NCc1ccc(C(=Nc2ccc(C=Cc3cnc[nH]3)cc2)c2c(O)[nH]c3ccc([N+](=O)[O-])cc23)cc1. The summed E-state index contributed by atoms with van der Waals surface area (Å²) in [7, 11) is 0. The van der Waals surface area contributed by atoms with E-state index in [1.165, 1.54) is 19.1 Å². The van der Waals surface area contributed by atoms with Crippen molar-refractivity contribution in [3.63, 3.8) is 0 Å². The molecule has 5 rings (SSSR count). The molecule has 0 saturated carbocycles. The third-order valence-corrected chi connectivity index (χ3v) is 6.09. The van der Waals surface area contributed by atoms with Crippen molar-refractivity contribution in [2.45, 2.75) is 13.5 Å². The number of aromatic nitrogens is 3. The number of benzene rings is 3. The van der Waals surface area contributed by atoms with Gasteiger partial charge in [-0.1, -0.05) is 42.5 Å². The molecule has 0 bridgehead atoms. The van der Waals surface area contributed by atoms with Crippen LogP contribution in [0.4, 0.5) is 11.4 Å². The molecule has 194 valence electrons. The zero-order chi connectivity index (χ0) is 27.4. The molecular formula is C29H24N6O4. The molecule has 0 fully saturated rings. The van der Waals surface area contributed by atoms with Crippen LogP contribution in [0.5, 0.6) is 5.88 Å². The number of fused-ring (bicyclic) bond motifs is 1. The van der Waals surface area contributed by atoms with E-state index < -0.39 is 4.92 Å². The fraction of sp³-hybridized carbons (Fsp3) is 0.0690. The molecular weight excluding hydrogens is 496 g/mol. The van der Waals surface area contributed by atoms with Gasteiger partial charge in [-0.2, -0.15) is 0 Å². The van der Waals surface area contributed by atoms with E-state index in [4.69, 9.17) is 4.99 Å². The Bertz CT molecular complexity index is 1700. The van der Waals surface area contributed by atoms with Crippen LogP contribution in [-0.4, -0.2) is 36.6 Å². The highest BCUT2D eigenvalue weighted by atomic mass is 16.6. The second kappa shape index (κ2) is 10.9. The average Bonchev–Trinajstić information content (AvgIpc) is 3.57. The van der Waals surface area contributed by atoms with E-state index >= 15 is 0 Å². The van der Waals surface area contributed by atoms with E-state index in [9.17, 15) is 20.0 Å². The van der Waals surface area contributed by atoms with Crippen LogP contribution in [0.2, 0.25) is 0 Å². The van der Waals surface area contributed by atoms with Gasteiger partial charge in [-0.3, -0.25) is 14.9 Å². The zero-order valence-electron chi connectivity index (χ0n) is 20.9. The first-order chi connectivity index (χ1) is 18.9. The number of nitro groups is 1. The number of aromatic amines is 2. The van der Waals surface area contributed by atoms with Crippen LogP contribution in [0.3, 0.4) is 0 Å². The molecule has 0 aliphatic carbocycles. The van der Waals surface area contributed by atoms with Gasteiger partial charge in [0, 0.05) is 42.1 Å². The number of carbonyl (C=O) groups excluding carboxylic acids is 1. The number of nitrogens with zero attached hydrogens (tertiary/aromatic N) is 3.